The minimum atomic E-state index is -1.18. The highest BCUT2D eigenvalue weighted by Crippen LogP contribution is 2.16. The molecule has 0 aliphatic carbocycles. The van der Waals surface area contributed by atoms with Crippen molar-refractivity contribution in [3.05, 3.63) is 0 Å². The van der Waals surface area contributed by atoms with E-state index >= 15 is 0 Å². The van der Waals surface area contributed by atoms with Crippen molar-refractivity contribution in [3.8, 4) is 0 Å². The molecule has 0 aliphatic rings. The molecule has 4 heteroatoms. The minimum absolute atomic E-state index is 0.255. The van der Waals surface area contributed by atoms with Gasteiger partial charge in [-0.25, -0.2) is 0 Å². The van der Waals surface area contributed by atoms with Crippen molar-refractivity contribution < 1.29 is 15.0 Å². The van der Waals surface area contributed by atoms with Gasteiger partial charge in [0.1, 0.15) is 0 Å². The van der Waals surface area contributed by atoms with E-state index in [1.54, 1.807) is 11.8 Å². The average Bonchev–Trinajstić information content (AvgIpc) is 1.84. The van der Waals surface area contributed by atoms with Gasteiger partial charge < -0.3 is 15.0 Å². The van der Waals surface area contributed by atoms with Crippen LogP contribution in [0.2, 0.25) is 0 Å². The minimum Gasteiger partial charge on any atom is -0.550 e. The van der Waals surface area contributed by atoms with Gasteiger partial charge in [0.2, 0.25) is 0 Å². The standard InChI is InChI=1S/C8H16O3S/c1-3-12-6(2)4-7(9)5-8(10)11/h6-7,9H,3-5H2,1-2H3,(H,10,11)/p-1. The molecule has 0 aliphatic heterocycles. The predicted molar refractivity (Wildman–Crippen MR) is 47.8 cm³/mol. The Kier molecular flexibility index (Phi) is 6.20. The van der Waals surface area contributed by atoms with Crippen LogP contribution in [0.4, 0.5) is 0 Å². The molecule has 72 valence electrons. The molecule has 0 amide bonds. The molecule has 0 rings (SSSR count). The van der Waals surface area contributed by atoms with E-state index in [0.717, 1.165) is 5.75 Å². The Bertz CT molecular complexity index is 138. The number of aliphatic hydroxyl groups is 1. The molecule has 0 heterocycles. The fourth-order valence-electron chi connectivity index (χ4n) is 1.01. The molecule has 3 nitrogen and oxygen atoms in total. The number of aliphatic hydroxyl groups excluding tert-OH is 1. The van der Waals surface area contributed by atoms with Crippen molar-refractivity contribution >= 4 is 17.7 Å². The van der Waals surface area contributed by atoms with Gasteiger partial charge in [-0.2, -0.15) is 11.8 Å². The zero-order valence-electron chi connectivity index (χ0n) is 7.45. The van der Waals surface area contributed by atoms with Crippen LogP contribution in [0.1, 0.15) is 26.7 Å². The number of thioether (sulfide) groups is 1. The zero-order chi connectivity index (χ0) is 9.56. The molecule has 0 saturated carbocycles. The van der Waals surface area contributed by atoms with Crippen molar-refractivity contribution in [1.82, 2.24) is 0 Å². The molecular weight excluding hydrogens is 176 g/mol. The van der Waals surface area contributed by atoms with Gasteiger partial charge in [0.25, 0.3) is 0 Å². The first-order valence-corrected chi connectivity index (χ1v) is 5.10. The number of hydrogen-bond acceptors (Lipinski definition) is 4. The Hall–Kier alpha value is -0.220. The van der Waals surface area contributed by atoms with Crippen molar-refractivity contribution in [3.63, 3.8) is 0 Å². The Morgan fingerprint density at radius 2 is 2.25 bits per heavy atom. The van der Waals surface area contributed by atoms with E-state index < -0.39 is 12.1 Å². The third-order valence-electron chi connectivity index (χ3n) is 1.46. The van der Waals surface area contributed by atoms with E-state index in [0.29, 0.717) is 11.7 Å². The van der Waals surface area contributed by atoms with Crippen molar-refractivity contribution in [2.45, 2.75) is 38.0 Å². The second-order valence-electron chi connectivity index (χ2n) is 2.73. The summed E-state index contributed by atoms with van der Waals surface area (Å²) in [6.45, 7) is 4.01. The van der Waals surface area contributed by atoms with Gasteiger partial charge in [-0.05, 0) is 12.2 Å². The first-order valence-electron chi connectivity index (χ1n) is 4.05. The molecule has 0 fully saturated rings. The van der Waals surface area contributed by atoms with Crippen LogP contribution < -0.4 is 5.11 Å². The number of carboxylic acid groups (broad SMARTS) is 1. The Labute approximate surface area is 77.2 Å². The van der Waals surface area contributed by atoms with Gasteiger partial charge in [-0.1, -0.05) is 13.8 Å². The zero-order valence-corrected chi connectivity index (χ0v) is 8.26. The summed E-state index contributed by atoms with van der Waals surface area (Å²) < 4.78 is 0. The SMILES string of the molecule is CCSC(C)CC(O)CC(=O)[O-]. The lowest BCUT2D eigenvalue weighted by Crippen LogP contribution is -2.28. The lowest BCUT2D eigenvalue weighted by atomic mass is 10.1. The predicted octanol–water partition coefficient (Wildman–Crippen LogP) is 0.0190. The summed E-state index contributed by atoms with van der Waals surface area (Å²) in [5.41, 5.74) is 0. The largest absolute Gasteiger partial charge is 0.550 e. The van der Waals surface area contributed by atoms with E-state index in [4.69, 9.17) is 0 Å². The average molecular weight is 191 g/mol. The Balaban J connectivity index is 3.53. The van der Waals surface area contributed by atoms with Crippen LogP contribution in [0.3, 0.4) is 0 Å². The van der Waals surface area contributed by atoms with Crippen molar-refractivity contribution in [2.24, 2.45) is 0 Å². The van der Waals surface area contributed by atoms with Gasteiger partial charge in [-0.15, -0.1) is 0 Å². The van der Waals surface area contributed by atoms with Crippen LogP contribution >= 0.6 is 11.8 Å². The normalized spacial score (nSPS) is 15.6. The maximum atomic E-state index is 10.1. The number of hydrogen-bond donors (Lipinski definition) is 1. The topological polar surface area (TPSA) is 60.4 Å². The fourth-order valence-corrected chi connectivity index (χ4v) is 1.94. The number of carbonyl (C=O) groups excluding carboxylic acids is 1. The number of carboxylic acids is 1. The van der Waals surface area contributed by atoms with Gasteiger partial charge in [0, 0.05) is 17.6 Å². The number of rotatable bonds is 6. The summed E-state index contributed by atoms with van der Waals surface area (Å²) in [4.78, 5) is 10.1. The van der Waals surface area contributed by atoms with E-state index in [1.165, 1.54) is 0 Å². The molecule has 0 aromatic rings. The Morgan fingerprint density at radius 3 is 2.67 bits per heavy atom. The second kappa shape index (κ2) is 6.31. The maximum absolute atomic E-state index is 10.1. The van der Waals surface area contributed by atoms with Crippen LogP contribution in [-0.4, -0.2) is 28.2 Å². The van der Waals surface area contributed by atoms with E-state index in [1.807, 2.05) is 13.8 Å². The third kappa shape index (κ3) is 6.49. The van der Waals surface area contributed by atoms with Crippen molar-refractivity contribution in [2.75, 3.05) is 5.75 Å². The van der Waals surface area contributed by atoms with Crippen molar-refractivity contribution in [1.29, 1.82) is 0 Å². The van der Waals surface area contributed by atoms with E-state index in [9.17, 15) is 15.0 Å². The first kappa shape index (κ1) is 11.8. The van der Waals surface area contributed by atoms with Gasteiger partial charge >= 0.3 is 0 Å². The lowest BCUT2D eigenvalue weighted by molar-refractivity contribution is -0.307. The summed E-state index contributed by atoms with van der Waals surface area (Å²) in [5.74, 6) is -0.199. The molecule has 0 aromatic carbocycles. The summed E-state index contributed by atoms with van der Waals surface area (Å²) in [5, 5.41) is 19.6. The summed E-state index contributed by atoms with van der Waals surface area (Å²) in [7, 11) is 0. The highest BCUT2D eigenvalue weighted by molar-refractivity contribution is 7.99. The molecule has 2 atom stereocenters. The highest BCUT2D eigenvalue weighted by Gasteiger charge is 2.09. The van der Waals surface area contributed by atoms with Gasteiger partial charge in [0.15, 0.2) is 0 Å². The Morgan fingerprint density at radius 1 is 1.67 bits per heavy atom. The molecule has 0 saturated heterocycles. The summed E-state index contributed by atoms with van der Waals surface area (Å²) in [6, 6.07) is 0. The fraction of sp³-hybridized carbons (Fsp3) is 0.875. The second-order valence-corrected chi connectivity index (χ2v) is 4.45. The highest BCUT2D eigenvalue weighted by atomic mass is 32.2. The molecule has 0 bridgehead atoms. The molecule has 1 N–H and O–H groups in total. The first-order chi connectivity index (χ1) is 5.56. The maximum Gasteiger partial charge on any atom is 0.0602 e. The van der Waals surface area contributed by atoms with E-state index in [-0.39, 0.29) is 6.42 Å². The smallest absolute Gasteiger partial charge is 0.0602 e. The van der Waals surface area contributed by atoms with Crippen LogP contribution in [0.5, 0.6) is 0 Å². The number of aliphatic carboxylic acids is 1. The van der Waals surface area contributed by atoms with E-state index in [2.05, 4.69) is 0 Å². The molecule has 2 unspecified atom stereocenters. The molecule has 12 heavy (non-hydrogen) atoms. The summed E-state index contributed by atoms with van der Waals surface area (Å²) >= 11 is 1.71. The lowest BCUT2D eigenvalue weighted by Gasteiger charge is -2.15. The van der Waals surface area contributed by atoms with Crippen LogP contribution in [0, 0.1) is 0 Å². The van der Waals surface area contributed by atoms with Gasteiger partial charge in [-0.3, -0.25) is 0 Å². The quantitative estimate of drug-likeness (QED) is 0.643. The molecular formula is C8H15O3S-. The third-order valence-corrected chi connectivity index (χ3v) is 2.55. The molecule has 0 radical (unpaired) electrons. The van der Waals surface area contributed by atoms with Crippen LogP contribution in [0.15, 0.2) is 0 Å². The molecule has 0 aromatic heterocycles. The van der Waals surface area contributed by atoms with Crippen LogP contribution in [0.25, 0.3) is 0 Å². The van der Waals surface area contributed by atoms with Crippen LogP contribution in [-0.2, 0) is 4.79 Å². The number of carbonyl (C=O) groups is 1. The van der Waals surface area contributed by atoms with Gasteiger partial charge in [0.05, 0.1) is 6.10 Å². The summed E-state index contributed by atoms with van der Waals surface area (Å²) in [6.07, 6.45) is -0.495. The monoisotopic (exact) mass is 191 g/mol. The molecule has 0 spiro atoms.